The lowest BCUT2D eigenvalue weighted by atomic mass is 10.2. The van der Waals surface area contributed by atoms with Crippen molar-refractivity contribution in [3.8, 4) is 17.6 Å². The molecule has 0 unspecified atom stereocenters. The van der Waals surface area contributed by atoms with E-state index in [1.165, 1.54) is 16.3 Å². The predicted molar refractivity (Wildman–Crippen MR) is 128 cm³/mol. The Kier molecular flexibility index (Phi) is 6.27. The molecule has 2 aliphatic heterocycles. The van der Waals surface area contributed by atoms with Crippen LogP contribution >= 0.6 is 11.8 Å². The number of hydrogen-bond donors (Lipinski definition) is 0. The van der Waals surface area contributed by atoms with E-state index in [4.69, 9.17) is 14.7 Å². The van der Waals surface area contributed by atoms with Crippen LogP contribution in [0.25, 0.3) is 10.9 Å². The Morgan fingerprint density at radius 3 is 2.56 bits per heavy atom. The highest BCUT2D eigenvalue weighted by Gasteiger charge is 2.23. The van der Waals surface area contributed by atoms with Crippen molar-refractivity contribution >= 4 is 34.3 Å². The van der Waals surface area contributed by atoms with Gasteiger partial charge in [0.05, 0.1) is 22.7 Å². The highest BCUT2D eigenvalue weighted by molar-refractivity contribution is 7.99. The summed E-state index contributed by atoms with van der Waals surface area (Å²) in [6.45, 7) is 3.10. The Labute approximate surface area is 200 Å². The maximum absolute atomic E-state index is 13.3. The number of thioether (sulfide) groups is 1. The Morgan fingerprint density at radius 2 is 1.82 bits per heavy atom. The number of carbonyl (C=O) groups is 1. The zero-order valence-corrected chi connectivity index (χ0v) is 19.3. The molecule has 0 N–H and O–H groups in total. The van der Waals surface area contributed by atoms with Gasteiger partial charge in [0.2, 0.25) is 12.7 Å². The number of carbonyl (C=O) groups excluding carboxylic acids is 1. The van der Waals surface area contributed by atoms with Gasteiger partial charge in [-0.15, -0.1) is 0 Å². The lowest BCUT2D eigenvalue weighted by molar-refractivity contribution is -0.131. The minimum atomic E-state index is -0.259. The van der Waals surface area contributed by atoms with Crippen LogP contribution in [0, 0.1) is 11.3 Å². The fourth-order valence-corrected chi connectivity index (χ4v) is 4.90. The fraction of sp³-hybridized carbons (Fsp3) is 0.333. The second-order valence-electron chi connectivity index (χ2n) is 7.97. The largest absolute Gasteiger partial charge is 0.454 e. The zero-order chi connectivity index (χ0) is 23.5. The molecule has 34 heavy (non-hydrogen) atoms. The van der Waals surface area contributed by atoms with Gasteiger partial charge in [0.1, 0.15) is 0 Å². The molecule has 3 heterocycles. The van der Waals surface area contributed by atoms with Gasteiger partial charge in [0.15, 0.2) is 16.7 Å². The zero-order valence-electron chi connectivity index (χ0n) is 18.5. The van der Waals surface area contributed by atoms with Crippen molar-refractivity contribution in [2.24, 2.45) is 0 Å². The molecule has 2 aliphatic rings. The molecule has 3 aromatic rings. The molecule has 5 rings (SSSR count). The number of fused-ring (bicyclic) bond motifs is 2. The summed E-state index contributed by atoms with van der Waals surface area (Å²) in [7, 11) is 0. The van der Waals surface area contributed by atoms with Gasteiger partial charge in [0, 0.05) is 50.9 Å². The predicted octanol–water partition coefficient (Wildman–Crippen LogP) is 2.48. The summed E-state index contributed by atoms with van der Waals surface area (Å²) in [6, 6.07) is 15.5. The first-order valence-corrected chi connectivity index (χ1v) is 12.0. The number of rotatable bonds is 6. The number of hydrogen-bond acceptors (Lipinski definition) is 8. The number of amides is 1. The number of aromatic nitrogens is 2. The molecule has 0 atom stereocenters. The van der Waals surface area contributed by atoms with Crippen LogP contribution < -0.4 is 19.9 Å². The van der Waals surface area contributed by atoms with Crippen LogP contribution in [0.2, 0.25) is 0 Å². The molecule has 0 aliphatic carbocycles. The van der Waals surface area contributed by atoms with E-state index in [-0.39, 0.29) is 37.0 Å². The SMILES string of the molecule is N#CCSc1nc2cc3c(cc2c(=O)n1CCC(=O)N1CCN(c2ccccc2)CC1)OCO3. The van der Waals surface area contributed by atoms with Gasteiger partial charge in [-0.05, 0) is 18.2 Å². The minimum Gasteiger partial charge on any atom is -0.454 e. The van der Waals surface area contributed by atoms with Crippen molar-refractivity contribution in [3.05, 3.63) is 52.8 Å². The first kappa shape index (κ1) is 22.1. The molecule has 10 heteroatoms. The standard InChI is InChI=1S/C24H23N5O4S/c25-7-13-34-24-26-19-15-21-20(32-16-33-21)14-18(19)23(31)29(24)8-6-22(30)28-11-9-27(10-12-28)17-4-2-1-3-5-17/h1-5,14-15H,6,8-13,16H2. The molecule has 1 fully saturated rings. The Bertz CT molecular complexity index is 1310. The van der Waals surface area contributed by atoms with Gasteiger partial charge in [-0.3, -0.25) is 14.2 Å². The Hall–Kier alpha value is -3.71. The average molecular weight is 478 g/mol. The van der Waals surface area contributed by atoms with Crippen molar-refractivity contribution in [3.63, 3.8) is 0 Å². The second kappa shape index (κ2) is 9.65. The maximum Gasteiger partial charge on any atom is 0.262 e. The summed E-state index contributed by atoms with van der Waals surface area (Å²) < 4.78 is 12.3. The average Bonchev–Trinajstić information content (AvgIpc) is 3.34. The lowest BCUT2D eigenvalue weighted by Gasteiger charge is -2.36. The molecule has 9 nitrogen and oxygen atoms in total. The molecule has 0 bridgehead atoms. The number of para-hydroxylation sites is 1. The van der Waals surface area contributed by atoms with Crippen molar-refractivity contribution in [1.29, 1.82) is 5.26 Å². The second-order valence-corrected chi connectivity index (χ2v) is 8.92. The van der Waals surface area contributed by atoms with Crippen LogP contribution in [0.5, 0.6) is 11.5 Å². The molecule has 1 amide bonds. The summed E-state index contributed by atoms with van der Waals surface area (Å²) in [5.74, 6) is 1.19. The minimum absolute atomic E-state index is 0.00151. The summed E-state index contributed by atoms with van der Waals surface area (Å²) in [6.07, 6.45) is 0.184. The van der Waals surface area contributed by atoms with E-state index in [2.05, 4.69) is 28.1 Å². The van der Waals surface area contributed by atoms with Crippen molar-refractivity contribution in [2.75, 3.05) is 43.6 Å². The summed E-state index contributed by atoms with van der Waals surface area (Å²) in [4.78, 5) is 34.9. The molecule has 1 aromatic heterocycles. The Balaban J connectivity index is 1.31. The fourth-order valence-electron chi connectivity index (χ4n) is 4.21. The number of nitriles is 1. The van der Waals surface area contributed by atoms with Crippen molar-refractivity contribution < 1.29 is 14.3 Å². The summed E-state index contributed by atoms with van der Waals surface area (Å²) in [5.41, 5.74) is 1.38. The molecular weight excluding hydrogens is 454 g/mol. The van der Waals surface area contributed by atoms with E-state index < -0.39 is 0 Å². The number of piperazine rings is 1. The van der Waals surface area contributed by atoms with Crippen LogP contribution in [0.1, 0.15) is 6.42 Å². The first-order valence-electron chi connectivity index (χ1n) is 11.1. The van der Waals surface area contributed by atoms with Gasteiger partial charge in [0.25, 0.3) is 5.56 Å². The van der Waals surface area contributed by atoms with Gasteiger partial charge in [-0.1, -0.05) is 30.0 Å². The molecule has 1 saturated heterocycles. The molecule has 174 valence electrons. The molecular formula is C24H23N5O4S. The van der Waals surface area contributed by atoms with E-state index in [0.717, 1.165) is 18.8 Å². The van der Waals surface area contributed by atoms with Gasteiger partial charge >= 0.3 is 0 Å². The third kappa shape index (κ3) is 4.39. The van der Waals surface area contributed by atoms with Crippen LogP contribution in [-0.4, -0.2) is 59.1 Å². The Morgan fingerprint density at radius 1 is 1.09 bits per heavy atom. The van der Waals surface area contributed by atoms with E-state index in [0.29, 0.717) is 40.6 Å². The van der Waals surface area contributed by atoms with Gasteiger partial charge in [-0.25, -0.2) is 4.98 Å². The van der Waals surface area contributed by atoms with Crippen LogP contribution in [0.3, 0.4) is 0 Å². The van der Waals surface area contributed by atoms with E-state index >= 15 is 0 Å². The third-order valence-electron chi connectivity index (χ3n) is 5.98. The monoisotopic (exact) mass is 477 g/mol. The van der Waals surface area contributed by atoms with E-state index in [1.807, 2.05) is 23.1 Å². The number of anilines is 1. The normalized spacial score (nSPS) is 14.9. The topological polar surface area (TPSA) is 101 Å². The molecule has 0 saturated carbocycles. The third-order valence-corrected chi connectivity index (χ3v) is 6.83. The lowest BCUT2D eigenvalue weighted by Crippen LogP contribution is -2.49. The van der Waals surface area contributed by atoms with Gasteiger partial charge < -0.3 is 19.3 Å². The molecule has 0 spiro atoms. The van der Waals surface area contributed by atoms with E-state index in [1.54, 1.807) is 12.1 Å². The highest BCUT2D eigenvalue weighted by Crippen LogP contribution is 2.35. The van der Waals surface area contributed by atoms with Crippen molar-refractivity contribution in [1.82, 2.24) is 14.5 Å². The number of benzene rings is 2. The number of ether oxygens (including phenoxy) is 2. The quantitative estimate of drug-likeness (QED) is 0.394. The van der Waals surface area contributed by atoms with Gasteiger partial charge in [-0.2, -0.15) is 5.26 Å². The smallest absolute Gasteiger partial charge is 0.262 e. The van der Waals surface area contributed by atoms with Crippen LogP contribution in [0.4, 0.5) is 5.69 Å². The summed E-state index contributed by atoms with van der Waals surface area (Å²) in [5, 5.41) is 9.85. The first-order chi connectivity index (χ1) is 16.6. The highest BCUT2D eigenvalue weighted by atomic mass is 32.2. The van der Waals surface area contributed by atoms with Crippen LogP contribution in [-0.2, 0) is 11.3 Å². The molecule has 0 radical (unpaired) electrons. The van der Waals surface area contributed by atoms with Crippen molar-refractivity contribution in [2.45, 2.75) is 18.1 Å². The summed E-state index contributed by atoms with van der Waals surface area (Å²) >= 11 is 1.18. The maximum atomic E-state index is 13.3. The number of nitrogens with zero attached hydrogens (tertiary/aromatic N) is 5. The van der Waals surface area contributed by atoms with E-state index in [9.17, 15) is 9.59 Å². The molecule has 2 aromatic carbocycles. The van der Waals surface area contributed by atoms with Crippen LogP contribution in [0.15, 0.2) is 52.4 Å².